The van der Waals surface area contributed by atoms with Gasteiger partial charge in [-0.2, -0.15) is 5.10 Å². The van der Waals surface area contributed by atoms with E-state index in [0.29, 0.717) is 12.2 Å². The Bertz CT molecular complexity index is 455. The quantitative estimate of drug-likeness (QED) is 0.842. The molecule has 1 aliphatic heterocycles. The molecule has 2 atom stereocenters. The van der Waals surface area contributed by atoms with Gasteiger partial charge < -0.3 is 15.0 Å². The summed E-state index contributed by atoms with van der Waals surface area (Å²) in [6, 6.07) is 0. The fourth-order valence-electron chi connectivity index (χ4n) is 2.34. The van der Waals surface area contributed by atoms with Gasteiger partial charge in [0.2, 0.25) is 0 Å². The molecule has 1 aromatic rings. The lowest BCUT2D eigenvalue weighted by Gasteiger charge is -2.25. The third kappa shape index (κ3) is 3.13. The second kappa shape index (κ2) is 5.71. The fraction of sp³-hybridized carbons (Fsp3) is 0.692. The van der Waals surface area contributed by atoms with Crippen LogP contribution in [0.25, 0.3) is 0 Å². The number of nitrogens with zero attached hydrogens (tertiary/aromatic N) is 2. The summed E-state index contributed by atoms with van der Waals surface area (Å²) in [6.45, 7) is 5.42. The van der Waals surface area contributed by atoms with Crippen LogP contribution in [0.2, 0.25) is 0 Å². The highest BCUT2D eigenvalue weighted by Gasteiger charge is 2.29. The van der Waals surface area contributed by atoms with Crippen molar-refractivity contribution in [1.29, 1.82) is 0 Å². The van der Waals surface area contributed by atoms with E-state index in [4.69, 9.17) is 4.74 Å². The second-order valence-electron chi connectivity index (χ2n) is 5.32. The zero-order valence-electron chi connectivity index (χ0n) is 12.0. The molecule has 0 radical (unpaired) electrons. The van der Waals surface area contributed by atoms with Crippen LogP contribution in [0.4, 0.5) is 0 Å². The van der Waals surface area contributed by atoms with Gasteiger partial charge in [-0.3, -0.25) is 9.89 Å². The topological polar surface area (TPSA) is 70.2 Å². The average molecular weight is 266 g/mol. The van der Waals surface area contributed by atoms with Crippen LogP contribution in [0.3, 0.4) is 0 Å². The van der Waals surface area contributed by atoms with E-state index < -0.39 is 0 Å². The van der Waals surface area contributed by atoms with Crippen molar-refractivity contribution >= 4 is 5.91 Å². The van der Waals surface area contributed by atoms with Crippen LogP contribution in [-0.2, 0) is 11.2 Å². The van der Waals surface area contributed by atoms with Crippen molar-refractivity contribution in [1.82, 2.24) is 20.4 Å². The average Bonchev–Trinajstić information content (AvgIpc) is 2.72. The smallest absolute Gasteiger partial charge is 0.272 e. The molecule has 106 valence electrons. The number of amides is 1. The van der Waals surface area contributed by atoms with E-state index in [1.807, 2.05) is 32.8 Å². The van der Waals surface area contributed by atoms with Gasteiger partial charge in [-0.15, -0.1) is 0 Å². The van der Waals surface area contributed by atoms with Gasteiger partial charge in [0.05, 0.1) is 17.9 Å². The Morgan fingerprint density at radius 2 is 2.26 bits per heavy atom. The largest absolute Gasteiger partial charge is 0.369 e. The number of carbonyl (C=O) groups is 1. The summed E-state index contributed by atoms with van der Waals surface area (Å²) in [4.78, 5) is 14.1. The number of hydrogen-bond donors (Lipinski definition) is 2. The molecule has 0 saturated heterocycles. The molecule has 2 N–H and O–H groups in total. The summed E-state index contributed by atoms with van der Waals surface area (Å²) < 4.78 is 5.71. The van der Waals surface area contributed by atoms with Crippen molar-refractivity contribution < 1.29 is 9.53 Å². The molecule has 0 fully saturated rings. The van der Waals surface area contributed by atoms with Crippen molar-refractivity contribution in [2.75, 3.05) is 27.2 Å². The summed E-state index contributed by atoms with van der Waals surface area (Å²) >= 11 is 0. The lowest BCUT2D eigenvalue weighted by molar-refractivity contribution is -0.00697. The maximum atomic E-state index is 12.1. The highest BCUT2D eigenvalue weighted by atomic mass is 16.5. The van der Waals surface area contributed by atoms with Crippen LogP contribution in [0.1, 0.15) is 41.7 Å². The Kier molecular flexibility index (Phi) is 4.21. The Balaban J connectivity index is 2.07. The van der Waals surface area contributed by atoms with Crippen molar-refractivity contribution in [3.63, 3.8) is 0 Å². The predicted octanol–water partition coefficient (Wildman–Crippen LogP) is 0.723. The molecule has 0 aromatic carbocycles. The first-order chi connectivity index (χ1) is 8.99. The van der Waals surface area contributed by atoms with Gasteiger partial charge in [-0.05, 0) is 27.9 Å². The van der Waals surface area contributed by atoms with Crippen LogP contribution < -0.4 is 5.32 Å². The van der Waals surface area contributed by atoms with E-state index in [9.17, 15) is 4.79 Å². The minimum absolute atomic E-state index is 0.0328. The molecule has 1 amide bonds. The molecule has 0 bridgehead atoms. The number of nitrogens with one attached hydrogen (secondary N) is 2. The minimum Gasteiger partial charge on any atom is -0.369 e. The fourth-order valence-corrected chi connectivity index (χ4v) is 2.34. The predicted molar refractivity (Wildman–Crippen MR) is 72.1 cm³/mol. The third-order valence-electron chi connectivity index (χ3n) is 3.29. The van der Waals surface area contributed by atoms with Gasteiger partial charge in [0.25, 0.3) is 5.91 Å². The zero-order chi connectivity index (χ0) is 14.0. The number of H-pyrrole nitrogens is 1. The van der Waals surface area contributed by atoms with Crippen LogP contribution in [0.5, 0.6) is 0 Å². The molecule has 6 nitrogen and oxygen atoms in total. The van der Waals surface area contributed by atoms with Crippen molar-refractivity contribution in [3.05, 3.63) is 17.0 Å². The lowest BCUT2D eigenvalue weighted by Crippen LogP contribution is -2.32. The summed E-state index contributed by atoms with van der Waals surface area (Å²) in [7, 11) is 3.95. The zero-order valence-corrected chi connectivity index (χ0v) is 12.0. The maximum Gasteiger partial charge on any atom is 0.272 e. The van der Waals surface area contributed by atoms with Crippen molar-refractivity contribution in [2.45, 2.75) is 32.5 Å². The van der Waals surface area contributed by atoms with E-state index in [0.717, 1.165) is 24.2 Å². The Hall–Kier alpha value is -1.40. The monoisotopic (exact) mass is 266 g/mol. The number of hydrogen-bond acceptors (Lipinski definition) is 4. The summed E-state index contributed by atoms with van der Waals surface area (Å²) in [5.74, 6) is -0.111. The van der Waals surface area contributed by atoms with E-state index in [1.54, 1.807) is 0 Å². The first-order valence-electron chi connectivity index (χ1n) is 6.64. The van der Waals surface area contributed by atoms with E-state index in [-0.39, 0.29) is 18.1 Å². The number of likely N-dealkylation sites (N-methyl/N-ethyl adjacent to an activating group) is 1. The van der Waals surface area contributed by atoms with Crippen LogP contribution in [0.15, 0.2) is 0 Å². The summed E-state index contributed by atoms with van der Waals surface area (Å²) in [6.07, 6.45) is 0.815. The number of rotatable bonds is 4. The maximum absolute atomic E-state index is 12.1. The molecule has 2 rings (SSSR count). The van der Waals surface area contributed by atoms with Crippen molar-refractivity contribution in [3.8, 4) is 0 Å². The number of aromatic nitrogens is 2. The Morgan fingerprint density at radius 1 is 1.53 bits per heavy atom. The van der Waals surface area contributed by atoms with E-state index >= 15 is 0 Å². The van der Waals surface area contributed by atoms with E-state index in [2.05, 4.69) is 15.5 Å². The molecule has 0 aliphatic carbocycles. The van der Waals surface area contributed by atoms with Gasteiger partial charge in [0, 0.05) is 25.1 Å². The number of fused-ring (bicyclic) bond motifs is 1. The molecule has 19 heavy (non-hydrogen) atoms. The van der Waals surface area contributed by atoms with E-state index in [1.165, 1.54) is 0 Å². The van der Waals surface area contributed by atoms with Gasteiger partial charge >= 0.3 is 0 Å². The third-order valence-corrected chi connectivity index (χ3v) is 3.29. The van der Waals surface area contributed by atoms with Gasteiger partial charge in [0.1, 0.15) is 0 Å². The molecule has 0 unspecified atom stereocenters. The molecule has 1 aliphatic rings. The van der Waals surface area contributed by atoms with Gasteiger partial charge in [-0.1, -0.05) is 0 Å². The number of aromatic amines is 1. The van der Waals surface area contributed by atoms with Crippen LogP contribution >= 0.6 is 0 Å². The molecule has 6 heteroatoms. The standard InChI is InChI=1S/C13H22N4O2/c1-8-7-10-11(9(2)19-8)15-16-12(10)13(18)14-5-6-17(3)4/h8-9H,5-7H2,1-4H3,(H,14,18)(H,15,16)/t8-,9+/m1/s1. The number of carbonyl (C=O) groups excluding carboxylic acids is 1. The van der Waals surface area contributed by atoms with Crippen LogP contribution in [-0.4, -0.2) is 54.3 Å². The molecular formula is C13H22N4O2. The first-order valence-corrected chi connectivity index (χ1v) is 6.64. The van der Waals surface area contributed by atoms with Gasteiger partial charge in [-0.25, -0.2) is 0 Å². The first kappa shape index (κ1) is 14.0. The van der Waals surface area contributed by atoms with Crippen molar-refractivity contribution in [2.24, 2.45) is 0 Å². The summed E-state index contributed by atoms with van der Waals surface area (Å²) in [5, 5.41) is 9.97. The van der Waals surface area contributed by atoms with Crippen LogP contribution in [0, 0.1) is 0 Å². The normalized spacial score (nSPS) is 22.4. The summed E-state index contributed by atoms with van der Waals surface area (Å²) in [5.41, 5.74) is 2.43. The molecule has 2 heterocycles. The second-order valence-corrected chi connectivity index (χ2v) is 5.32. The van der Waals surface area contributed by atoms with Gasteiger partial charge in [0.15, 0.2) is 5.69 Å². The minimum atomic E-state index is -0.111. The highest BCUT2D eigenvalue weighted by molar-refractivity contribution is 5.94. The molecular weight excluding hydrogens is 244 g/mol. The molecule has 0 saturated carbocycles. The Labute approximate surface area is 113 Å². The SMILES string of the molecule is C[C@@H]1Cc2c(C(=O)NCCN(C)C)n[nH]c2[C@H](C)O1. The highest BCUT2D eigenvalue weighted by Crippen LogP contribution is 2.29. The Morgan fingerprint density at radius 3 is 2.95 bits per heavy atom. The number of ether oxygens (including phenoxy) is 1. The molecule has 0 spiro atoms. The lowest BCUT2D eigenvalue weighted by atomic mass is 9.99. The molecule has 1 aromatic heterocycles.